The molecule has 2 N–H and O–H groups in total. The number of quaternary nitrogens is 1. The first-order valence-electron chi connectivity index (χ1n) is 8.55. The third-order valence-electron chi connectivity index (χ3n) is 3.73. The standard InChI is InChI=1S/C20H26N2O2.ClH/c1-22(2)16-8-4-7-15-21-20(23)17-11-13-19(14-12-17)24-18-9-5-3-6-10-18;/h3,5-6,9-14H,4,7-8,15-16H2,1-2H3,(H,21,23);1H. The number of para-hydroxylation sites is 1. The van der Waals surface area contributed by atoms with Crippen LogP contribution in [-0.2, 0) is 0 Å². The van der Waals surface area contributed by atoms with Crippen molar-refractivity contribution in [2.45, 2.75) is 19.3 Å². The van der Waals surface area contributed by atoms with Gasteiger partial charge in [-0.15, -0.1) is 0 Å². The fourth-order valence-electron chi connectivity index (χ4n) is 2.38. The summed E-state index contributed by atoms with van der Waals surface area (Å²) in [6.45, 7) is 1.90. The molecule has 0 aliphatic carbocycles. The number of hydrogen-bond donors (Lipinski definition) is 2. The number of benzene rings is 2. The molecule has 0 atom stereocenters. The quantitative estimate of drug-likeness (QED) is 0.592. The van der Waals surface area contributed by atoms with Crippen LogP contribution in [0.2, 0.25) is 0 Å². The third kappa shape index (κ3) is 8.05. The molecule has 0 spiro atoms. The van der Waals surface area contributed by atoms with Crippen molar-refractivity contribution in [3.05, 3.63) is 60.2 Å². The van der Waals surface area contributed by atoms with Crippen LogP contribution < -0.4 is 27.4 Å². The zero-order chi connectivity index (χ0) is 17.2. The third-order valence-corrected chi connectivity index (χ3v) is 3.73. The van der Waals surface area contributed by atoms with Gasteiger partial charge in [0.15, 0.2) is 0 Å². The molecule has 0 aliphatic rings. The first-order valence-corrected chi connectivity index (χ1v) is 8.55. The summed E-state index contributed by atoms with van der Waals surface area (Å²) >= 11 is 0. The predicted molar refractivity (Wildman–Crippen MR) is 96.8 cm³/mol. The van der Waals surface area contributed by atoms with Crippen LogP contribution in [0.25, 0.3) is 0 Å². The zero-order valence-corrected chi connectivity index (χ0v) is 15.7. The molecule has 2 aromatic carbocycles. The Balaban J connectivity index is 0.00000312. The molecule has 0 saturated carbocycles. The lowest BCUT2D eigenvalue weighted by atomic mass is 10.2. The number of hydrogen-bond acceptors (Lipinski definition) is 2. The van der Waals surface area contributed by atoms with Crippen LogP contribution in [-0.4, -0.2) is 33.1 Å². The lowest BCUT2D eigenvalue weighted by Gasteiger charge is -2.08. The van der Waals surface area contributed by atoms with Crippen molar-refractivity contribution in [1.82, 2.24) is 5.32 Å². The van der Waals surface area contributed by atoms with Gasteiger partial charge in [0.1, 0.15) is 11.5 Å². The highest BCUT2D eigenvalue weighted by molar-refractivity contribution is 5.94. The summed E-state index contributed by atoms with van der Waals surface area (Å²) in [6.07, 6.45) is 3.37. The van der Waals surface area contributed by atoms with Crippen molar-refractivity contribution in [3.8, 4) is 11.5 Å². The van der Waals surface area contributed by atoms with E-state index in [0.29, 0.717) is 5.56 Å². The summed E-state index contributed by atoms with van der Waals surface area (Å²) in [6, 6.07) is 16.8. The molecule has 0 bridgehead atoms. The smallest absolute Gasteiger partial charge is 0.251 e. The van der Waals surface area contributed by atoms with Crippen molar-refractivity contribution < 1.29 is 26.8 Å². The van der Waals surface area contributed by atoms with Crippen molar-refractivity contribution >= 4 is 5.91 Å². The van der Waals surface area contributed by atoms with Gasteiger partial charge in [0.25, 0.3) is 5.91 Å². The minimum atomic E-state index is -0.0282. The molecule has 0 unspecified atom stereocenters. The van der Waals surface area contributed by atoms with E-state index in [1.165, 1.54) is 17.9 Å². The second-order valence-electron chi connectivity index (χ2n) is 6.21. The van der Waals surface area contributed by atoms with Gasteiger partial charge in [-0.3, -0.25) is 4.79 Å². The number of ether oxygens (including phenoxy) is 1. The molecule has 2 rings (SSSR count). The van der Waals surface area contributed by atoms with E-state index in [1.807, 2.05) is 42.5 Å². The summed E-state index contributed by atoms with van der Waals surface area (Å²) < 4.78 is 5.72. The largest absolute Gasteiger partial charge is 1.00 e. The van der Waals surface area contributed by atoms with E-state index in [4.69, 9.17) is 4.74 Å². The van der Waals surface area contributed by atoms with Gasteiger partial charge in [0.05, 0.1) is 20.6 Å². The van der Waals surface area contributed by atoms with Gasteiger partial charge >= 0.3 is 0 Å². The monoisotopic (exact) mass is 362 g/mol. The number of carbonyl (C=O) groups is 1. The van der Waals surface area contributed by atoms with Gasteiger partial charge in [-0.25, -0.2) is 0 Å². The average molecular weight is 363 g/mol. The Morgan fingerprint density at radius 1 is 0.920 bits per heavy atom. The maximum atomic E-state index is 12.1. The second-order valence-corrected chi connectivity index (χ2v) is 6.21. The molecule has 25 heavy (non-hydrogen) atoms. The van der Waals surface area contributed by atoms with E-state index in [-0.39, 0.29) is 18.3 Å². The lowest BCUT2D eigenvalue weighted by molar-refractivity contribution is -0.858. The SMILES string of the molecule is C[NH+](C)CCCCCNC(=O)c1ccc(Oc2ccccc2)cc1.[Cl-]. The van der Waals surface area contributed by atoms with Crippen LogP contribution in [0.15, 0.2) is 54.6 Å². The van der Waals surface area contributed by atoms with Gasteiger partial charge < -0.3 is 27.4 Å². The summed E-state index contributed by atoms with van der Waals surface area (Å²) in [4.78, 5) is 13.6. The van der Waals surface area contributed by atoms with Crippen molar-refractivity contribution in [1.29, 1.82) is 0 Å². The Kier molecular flexibility index (Phi) is 9.66. The van der Waals surface area contributed by atoms with E-state index >= 15 is 0 Å². The summed E-state index contributed by atoms with van der Waals surface area (Å²) in [5.41, 5.74) is 0.660. The molecule has 5 heteroatoms. The summed E-state index contributed by atoms with van der Waals surface area (Å²) in [5, 5.41) is 2.97. The Labute approximate surface area is 156 Å². The molecular formula is C20H27ClN2O2. The van der Waals surface area contributed by atoms with E-state index in [1.54, 1.807) is 12.1 Å². The molecule has 0 radical (unpaired) electrons. The van der Waals surface area contributed by atoms with E-state index < -0.39 is 0 Å². The maximum absolute atomic E-state index is 12.1. The highest BCUT2D eigenvalue weighted by Crippen LogP contribution is 2.21. The molecule has 136 valence electrons. The van der Waals surface area contributed by atoms with E-state index in [2.05, 4.69) is 19.4 Å². The van der Waals surface area contributed by atoms with Crippen molar-refractivity contribution in [2.75, 3.05) is 27.2 Å². The second kappa shape index (κ2) is 11.5. The van der Waals surface area contributed by atoms with Gasteiger partial charge in [0.2, 0.25) is 0 Å². The van der Waals surface area contributed by atoms with E-state index in [9.17, 15) is 4.79 Å². The molecular weight excluding hydrogens is 336 g/mol. The number of halogens is 1. The van der Waals surface area contributed by atoms with Crippen molar-refractivity contribution in [3.63, 3.8) is 0 Å². The van der Waals surface area contributed by atoms with Crippen molar-refractivity contribution in [2.24, 2.45) is 0 Å². The summed E-state index contributed by atoms with van der Waals surface area (Å²) in [7, 11) is 4.32. The van der Waals surface area contributed by atoms with Crippen LogP contribution in [0.3, 0.4) is 0 Å². The predicted octanol–water partition coefficient (Wildman–Crippen LogP) is -0.472. The molecule has 1 amide bonds. The van der Waals surface area contributed by atoms with Gasteiger partial charge in [-0.05, 0) is 55.7 Å². The first kappa shape index (κ1) is 21.0. The Hall–Kier alpha value is -2.04. The normalized spacial score (nSPS) is 10.2. The molecule has 0 heterocycles. The van der Waals surface area contributed by atoms with E-state index in [0.717, 1.165) is 30.9 Å². The number of amides is 1. The fourth-order valence-corrected chi connectivity index (χ4v) is 2.38. The number of unbranched alkanes of at least 4 members (excludes halogenated alkanes) is 2. The number of nitrogens with one attached hydrogen (secondary N) is 2. The minimum absolute atomic E-state index is 0. The Morgan fingerprint density at radius 2 is 1.56 bits per heavy atom. The molecule has 2 aromatic rings. The van der Waals surface area contributed by atoms with Gasteiger partial charge in [0, 0.05) is 12.1 Å². The summed E-state index contributed by atoms with van der Waals surface area (Å²) in [5.74, 6) is 1.48. The van der Waals surface area contributed by atoms with Gasteiger partial charge in [-0.1, -0.05) is 18.2 Å². The van der Waals surface area contributed by atoms with Crippen LogP contribution >= 0.6 is 0 Å². The highest BCUT2D eigenvalue weighted by atomic mass is 35.5. The zero-order valence-electron chi connectivity index (χ0n) is 14.9. The minimum Gasteiger partial charge on any atom is -1.00 e. The fraction of sp³-hybridized carbons (Fsp3) is 0.350. The molecule has 0 aromatic heterocycles. The molecule has 4 nitrogen and oxygen atoms in total. The van der Waals surface area contributed by atoms with Crippen LogP contribution in [0.5, 0.6) is 11.5 Å². The topological polar surface area (TPSA) is 42.8 Å². The Morgan fingerprint density at radius 3 is 2.20 bits per heavy atom. The number of carbonyl (C=O) groups excluding carboxylic acids is 1. The van der Waals surface area contributed by atoms with Crippen LogP contribution in [0.1, 0.15) is 29.6 Å². The average Bonchev–Trinajstić information content (AvgIpc) is 2.59. The van der Waals surface area contributed by atoms with Crippen LogP contribution in [0, 0.1) is 0 Å². The molecule has 0 aliphatic heterocycles. The van der Waals surface area contributed by atoms with Gasteiger partial charge in [-0.2, -0.15) is 0 Å². The number of rotatable bonds is 9. The lowest BCUT2D eigenvalue weighted by Crippen LogP contribution is -3.05. The first-order chi connectivity index (χ1) is 11.6. The maximum Gasteiger partial charge on any atom is 0.251 e. The van der Waals surface area contributed by atoms with Crippen LogP contribution in [0.4, 0.5) is 0 Å². The Bertz CT molecular complexity index is 615. The highest BCUT2D eigenvalue weighted by Gasteiger charge is 2.05. The molecule has 0 fully saturated rings. The molecule has 0 saturated heterocycles.